The Kier molecular flexibility index (Phi) is 4.12. The molecular weight excluding hydrogens is 324 g/mol. The first-order valence-corrected chi connectivity index (χ1v) is 9.43. The highest BCUT2D eigenvalue weighted by Crippen LogP contribution is 2.55. The summed E-state index contributed by atoms with van der Waals surface area (Å²) in [5.74, 6) is 3.05. The third kappa shape index (κ3) is 2.77. The van der Waals surface area contributed by atoms with Gasteiger partial charge >= 0.3 is 6.55 Å². The fraction of sp³-hybridized carbons (Fsp3) is 0.789. The molecular formula is C19H27F2N3O. The van der Waals surface area contributed by atoms with E-state index in [1.165, 1.54) is 32.1 Å². The average molecular weight is 351 g/mol. The monoisotopic (exact) mass is 351 g/mol. The van der Waals surface area contributed by atoms with E-state index >= 15 is 0 Å². The molecule has 1 amide bonds. The summed E-state index contributed by atoms with van der Waals surface area (Å²) in [6, 6.07) is 0.339. The van der Waals surface area contributed by atoms with Gasteiger partial charge in [-0.25, -0.2) is 4.68 Å². The van der Waals surface area contributed by atoms with Crippen LogP contribution in [-0.2, 0) is 11.2 Å². The maximum Gasteiger partial charge on any atom is 0.333 e. The lowest BCUT2D eigenvalue weighted by atomic mass is 9.54. The molecule has 0 atom stereocenters. The molecule has 0 aliphatic heterocycles. The van der Waals surface area contributed by atoms with Gasteiger partial charge in [-0.3, -0.25) is 4.79 Å². The van der Waals surface area contributed by atoms with Crippen LogP contribution >= 0.6 is 0 Å². The van der Waals surface area contributed by atoms with Crippen LogP contribution in [-0.4, -0.2) is 33.7 Å². The van der Waals surface area contributed by atoms with Crippen LogP contribution in [0.2, 0.25) is 0 Å². The smallest absolute Gasteiger partial charge is 0.333 e. The summed E-state index contributed by atoms with van der Waals surface area (Å²) in [7, 11) is 1.91. The quantitative estimate of drug-likeness (QED) is 0.829. The minimum atomic E-state index is -2.66. The molecule has 0 N–H and O–H groups in total. The third-order valence-corrected chi connectivity index (χ3v) is 7.01. The topological polar surface area (TPSA) is 38.1 Å². The van der Waals surface area contributed by atoms with Crippen LogP contribution in [0.15, 0.2) is 0 Å². The maximum atomic E-state index is 13.0. The van der Waals surface area contributed by atoms with Gasteiger partial charge in [-0.2, -0.15) is 13.9 Å². The van der Waals surface area contributed by atoms with Crippen molar-refractivity contribution in [2.45, 2.75) is 65.0 Å². The van der Waals surface area contributed by atoms with Gasteiger partial charge in [-0.1, -0.05) is 0 Å². The van der Waals surface area contributed by atoms with Crippen LogP contribution in [0, 0.1) is 37.5 Å². The van der Waals surface area contributed by atoms with Crippen LogP contribution in [0.3, 0.4) is 0 Å². The van der Waals surface area contributed by atoms with E-state index in [9.17, 15) is 13.6 Å². The molecule has 4 nitrogen and oxygen atoms in total. The SMILES string of the molecule is Cc1nn(C(F)F)c(C)c1CC(=O)N(C)C1C2CC3CC(C2)CC1C3. The largest absolute Gasteiger partial charge is 0.342 e. The van der Waals surface area contributed by atoms with E-state index < -0.39 is 6.55 Å². The molecule has 4 aliphatic rings. The number of amides is 1. The fourth-order valence-electron chi connectivity index (χ4n) is 6.11. The van der Waals surface area contributed by atoms with Crippen LogP contribution in [0.25, 0.3) is 0 Å². The summed E-state index contributed by atoms with van der Waals surface area (Å²) < 4.78 is 26.7. The molecule has 0 saturated heterocycles. The molecule has 138 valence electrons. The normalized spacial score (nSPS) is 33.3. The highest BCUT2D eigenvalue weighted by Gasteiger charge is 2.50. The number of hydrogen-bond donors (Lipinski definition) is 0. The molecule has 1 heterocycles. The third-order valence-electron chi connectivity index (χ3n) is 7.01. The van der Waals surface area contributed by atoms with Gasteiger partial charge in [-0.05, 0) is 69.6 Å². The molecule has 25 heavy (non-hydrogen) atoms. The molecule has 5 rings (SSSR count). The molecule has 6 heteroatoms. The van der Waals surface area contributed by atoms with Crippen molar-refractivity contribution in [3.63, 3.8) is 0 Å². The first-order chi connectivity index (χ1) is 11.8. The number of hydrogen-bond acceptors (Lipinski definition) is 2. The van der Waals surface area contributed by atoms with Gasteiger partial charge in [0.05, 0.1) is 12.1 Å². The van der Waals surface area contributed by atoms with Crippen molar-refractivity contribution in [1.82, 2.24) is 14.7 Å². The molecule has 0 radical (unpaired) electrons. The zero-order valence-corrected chi connectivity index (χ0v) is 15.2. The second kappa shape index (κ2) is 6.06. The van der Waals surface area contributed by atoms with Crippen LogP contribution in [0.1, 0.15) is 55.6 Å². The zero-order chi connectivity index (χ0) is 17.9. The van der Waals surface area contributed by atoms with E-state index in [2.05, 4.69) is 5.10 Å². The minimum absolute atomic E-state index is 0.0393. The number of carbonyl (C=O) groups is 1. The molecule has 4 fully saturated rings. The molecule has 1 aromatic rings. The Labute approximate surface area is 147 Å². The van der Waals surface area contributed by atoms with Gasteiger partial charge in [0, 0.05) is 24.3 Å². The second-order valence-corrected chi connectivity index (χ2v) is 8.47. The summed E-state index contributed by atoms with van der Waals surface area (Å²) in [5.41, 5.74) is 1.59. The fourth-order valence-corrected chi connectivity index (χ4v) is 6.11. The number of aromatic nitrogens is 2. The van der Waals surface area contributed by atoms with Gasteiger partial charge in [0.1, 0.15) is 0 Å². The Bertz CT molecular complexity index is 656. The predicted octanol–water partition coefficient (Wildman–Crippen LogP) is 3.72. The van der Waals surface area contributed by atoms with E-state index in [-0.39, 0.29) is 12.3 Å². The predicted molar refractivity (Wildman–Crippen MR) is 90.3 cm³/mol. The Balaban J connectivity index is 1.50. The summed E-state index contributed by atoms with van der Waals surface area (Å²) in [4.78, 5) is 14.9. The standard InChI is InChI=1S/C19H27F2N3O/c1-10-16(11(2)24(22-10)19(20)21)9-17(25)23(3)18-14-5-12-4-13(7-14)8-15(18)6-12/h12-15,18-19H,4-9H2,1-3H3. The number of aryl methyl sites for hydroxylation is 1. The lowest BCUT2D eigenvalue weighted by Crippen LogP contribution is -2.56. The summed E-state index contributed by atoms with van der Waals surface area (Å²) in [6.45, 7) is 0.666. The number of alkyl halides is 2. The van der Waals surface area contributed by atoms with Gasteiger partial charge in [0.15, 0.2) is 0 Å². The summed E-state index contributed by atoms with van der Waals surface area (Å²) in [6.07, 6.45) is 6.60. The highest BCUT2D eigenvalue weighted by atomic mass is 19.3. The van der Waals surface area contributed by atoms with E-state index in [0.717, 1.165) is 16.5 Å². The van der Waals surface area contributed by atoms with Crippen molar-refractivity contribution >= 4 is 5.91 Å². The van der Waals surface area contributed by atoms with Crippen molar-refractivity contribution < 1.29 is 13.6 Å². The van der Waals surface area contributed by atoms with Gasteiger partial charge < -0.3 is 4.90 Å². The van der Waals surface area contributed by atoms with Crippen LogP contribution in [0.4, 0.5) is 8.78 Å². The molecule has 0 unspecified atom stereocenters. The van der Waals surface area contributed by atoms with Crippen molar-refractivity contribution in [2.24, 2.45) is 23.7 Å². The Morgan fingerprint density at radius 2 is 1.72 bits per heavy atom. The van der Waals surface area contributed by atoms with Crippen LogP contribution < -0.4 is 0 Å². The Hall–Kier alpha value is -1.46. The van der Waals surface area contributed by atoms with E-state index in [1.54, 1.807) is 13.8 Å². The highest BCUT2D eigenvalue weighted by molar-refractivity contribution is 5.79. The maximum absolute atomic E-state index is 13.0. The average Bonchev–Trinajstić information content (AvgIpc) is 2.82. The van der Waals surface area contributed by atoms with Gasteiger partial charge in [0.25, 0.3) is 0 Å². The molecule has 0 spiro atoms. The molecule has 4 bridgehead atoms. The first-order valence-electron chi connectivity index (χ1n) is 9.43. The second-order valence-electron chi connectivity index (χ2n) is 8.47. The molecule has 4 saturated carbocycles. The zero-order valence-electron chi connectivity index (χ0n) is 15.2. The van der Waals surface area contributed by atoms with Crippen molar-refractivity contribution in [1.29, 1.82) is 0 Å². The van der Waals surface area contributed by atoms with Crippen LogP contribution in [0.5, 0.6) is 0 Å². The number of rotatable bonds is 4. The number of carbonyl (C=O) groups excluding carboxylic acids is 1. The van der Waals surface area contributed by atoms with E-state index in [0.29, 0.717) is 34.8 Å². The van der Waals surface area contributed by atoms with Gasteiger partial charge in [0.2, 0.25) is 5.91 Å². The molecule has 0 aromatic carbocycles. The Morgan fingerprint density at radius 1 is 1.16 bits per heavy atom. The lowest BCUT2D eigenvalue weighted by molar-refractivity contribution is -0.140. The molecule has 1 aromatic heterocycles. The lowest BCUT2D eigenvalue weighted by Gasteiger charge is -2.56. The van der Waals surface area contributed by atoms with Crippen molar-refractivity contribution in [2.75, 3.05) is 7.05 Å². The number of halogens is 2. The van der Waals surface area contributed by atoms with Gasteiger partial charge in [-0.15, -0.1) is 0 Å². The first kappa shape index (κ1) is 17.0. The Morgan fingerprint density at radius 3 is 2.20 bits per heavy atom. The van der Waals surface area contributed by atoms with Crippen molar-refractivity contribution in [3.8, 4) is 0 Å². The van der Waals surface area contributed by atoms with E-state index in [4.69, 9.17) is 0 Å². The number of likely N-dealkylation sites (N-methyl/N-ethyl adjacent to an activating group) is 1. The van der Waals surface area contributed by atoms with Crippen molar-refractivity contribution in [3.05, 3.63) is 17.0 Å². The summed E-state index contributed by atoms with van der Waals surface area (Å²) >= 11 is 0. The number of nitrogens with zero attached hydrogens (tertiary/aromatic N) is 3. The summed E-state index contributed by atoms with van der Waals surface area (Å²) in [5, 5.41) is 3.90. The van der Waals surface area contributed by atoms with E-state index in [1.807, 2.05) is 11.9 Å². The molecule has 4 aliphatic carbocycles. The minimum Gasteiger partial charge on any atom is -0.342 e.